The van der Waals surface area contributed by atoms with Crippen molar-refractivity contribution >= 4 is 11.5 Å². The summed E-state index contributed by atoms with van der Waals surface area (Å²) in [6.45, 7) is 16.1. The molecule has 0 amide bonds. The summed E-state index contributed by atoms with van der Waals surface area (Å²) < 4.78 is 5.09. The predicted octanol–water partition coefficient (Wildman–Crippen LogP) is 7.91. The van der Waals surface area contributed by atoms with Gasteiger partial charge in [-0.15, -0.1) is 0 Å². The second-order valence-corrected chi connectivity index (χ2v) is 15.3. The number of pyridine rings is 1. The lowest BCUT2D eigenvalue weighted by atomic mass is 9.71. The molecule has 244 valence electrons. The number of ketones is 1. The fourth-order valence-corrected chi connectivity index (χ4v) is 6.64. The highest BCUT2D eigenvalue weighted by Gasteiger charge is 2.35. The van der Waals surface area contributed by atoms with Crippen molar-refractivity contribution in [1.82, 2.24) is 24.9 Å². The van der Waals surface area contributed by atoms with Gasteiger partial charge in [0.15, 0.2) is 0 Å². The van der Waals surface area contributed by atoms with Crippen LogP contribution in [0, 0.1) is 17.3 Å². The van der Waals surface area contributed by atoms with Crippen molar-refractivity contribution in [3.05, 3.63) is 71.3 Å². The van der Waals surface area contributed by atoms with Crippen LogP contribution in [0.4, 0.5) is 0 Å². The smallest absolute Gasteiger partial charge is 0.316 e. The Kier molecular flexibility index (Phi) is 10.1. The quantitative estimate of drug-likeness (QED) is 0.226. The normalized spacial score (nSPS) is 19.4. The molecule has 1 aliphatic carbocycles. The molecule has 0 radical (unpaired) electrons. The molecule has 1 aliphatic heterocycles. The van der Waals surface area contributed by atoms with Crippen LogP contribution in [0.3, 0.4) is 0 Å². The van der Waals surface area contributed by atoms with Gasteiger partial charge in [0.25, 0.3) is 0 Å². The van der Waals surface area contributed by atoms with Crippen molar-refractivity contribution in [3.63, 3.8) is 0 Å². The van der Waals surface area contributed by atoms with Crippen molar-refractivity contribution in [2.75, 3.05) is 13.7 Å². The molecule has 1 atom stereocenters. The molecule has 1 saturated carbocycles. The molecule has 8 nitrogen and oxygen atoms in total. The van der Waals surface area contributed by atoms with Gasteiger partial charge in [-0.05, 0) is 73.3 Å². The highest BCUT2D eigenvalue weighted by Crippen LogP contribution is 2.41. The third-order valence-electron chi connectivity index (χ3n) is 9.44. The minimum absolute atomic E-state index is 0.0689. The Labute approximate surface area is 274 Å². The molecule has 1 unspecified atom stereocenters. The number of carbonyl (C=O) groups is 1. The monoisotopic (exact) mass is 622 g/mol. The maximum Gasteiger partial charge on any atom is 0.316 e. The number of rotatable bonds is 10. The van der Waals surface area contributed by atoms with Gasteiger partial charge < -0.3 is 4.74 Å². The highest BCUT2D eigenvalue weighted by atomic mass is 16.5. The Bertz CT molecular complexity index is 1570. The Morgan fingerprint density at radius 2 is 1.61 bits per heavy atom. The standard InChI is InChI=1S/C38H50N6O2/c1-24-16-18-39-34(24)35-29(38(5,6)7)23-41-32(44-35)19-25-9-11-26(12-10-25)33(31(45)15-17-37(2,3)4)30-14-13-27(20-40-30)28-21-42-36(46-8)43-22-28/h13-14,16,20-23,25-26,33H,9-12,15,17-19H2,1-8H3. The zero-order valence-electron chi connectivity index (χ0n) is 28.9. The summed E-state index contributed by atoms with van der Waals surface area (Å²) in [5, 5.41) is 0. The Balaban J connectivity index is 1.31. The van der Waals surface area contributed by atoms with E-state index in [0.717, 1.165) is 84.7 Å². The van der Waals surface area contributed by atoms with E-state index in [1.807, 2.05) is 24.5 Å². The molecule has 3 aromatic heterocycles. The molecule has 5 rings (SSSR count). The molecule has 4 heterocycles. The molecule has 2 aliphatic rings. The van der Waals surface area contributed by atoms with E-state index in [0.29, 0.717) is 24.1 Å². The van der Waals surface area contributed by atoms with Crippen LogP contribution in [0.5, 0.6) is 6.01 Å². The number of nitrogens with zero attached hydrogens (tertiary/aromatic N) is 6. The maximum atomic E-state index is 13.9. The number of methoxy groups -OCH3 is 1. The Hall–Kier alpha value is -3.81. The molecule has 0 saturated heterocycles. The molecule has 0 spiro atoms. The number of allylic oxidation sites excluding steroid dienone is 1. The molecule has 1 fully saturated rings. The van der Waals surface area contributed by atoms with E-state index >= 15 is 0 Å². The molecule has 0 N–H and O–H groups in total. The van der Waals surface area contributed by atoms with E-state index in [1.165, 1.54) is 5.57 Å². The second-order valence-electron chi connectivity index (χ2n) is 15.3. The van der Waals surface area contributed by atoms with Gasteiger partial charge in [0.1, 0.15) is 11.6 Å². The minimum Gasteiger partial charge on any atom is -0.467 e. The van der Waals surface area contributed by atoms with Gasteiger partial charge in [-0.3, -0.25) is 14.8 Å². The van der Waals surface area contributed by atoms with Crippen molar-refractivity contribution in [1.29, 1.82) is 0 Å². The fraction of sp³-hybridized carbons (Fsp3) is 0.553. The summed E-state index contributed by atoms with van der Waals surface area (Å²) in [6.07, 6.45) is 15.9. The van der Waals surface area contributed by atoms with Crippen LogP contribution < -0.4 is 4.74 Å². The summed E-state index contributed by atoms with van der Waals surface area (Å²) in [4.78, 5) is 41.9. The van der Waals surface area contributed by atoms with Crippen molar-refractivity contribution in [2.24, 2.45) is 22.2 Å². The zero-order valence-corrected chi connectivity index (χ0v) is 28.9. The van der Waals surface area contributed by atoms with Gasteiger partial charge >= 0.3 is 6.01 Å². The summed E-state index contributed by atoms with van der Waals surface area (Å²) in [7, 11) is 1.55. The van der Waals surface area contributed by atoms with Crippen molar-refractivity contribution < 1.29 is 9.53 Å². The summed E-state index contributed by atoms with van der Waals surface area (Å²) in [6, 6.07) is 4.39. The second kappa shape index (κ2) is 13.9. The molecular weight excluding hydrogens is 572 g/mol. The first-order valence-electron chi connectivity index (χ1n) is 16.8. The van der Waals surface area contributed by atoms with Gasteiger partial charge in [-0.25, -0.2) is 19.9 Å². The van der Waals surface area contributed by atoms with Crippen molar-refractivity contribution in [3.8, 4) is 17.1 Å². The van der Waals surface area contributed by atoms with Crippen LogP contribution in [0.1, 0.15) is 116 Å². The average molecular weight is 623 g/mol. The van der Waals surface area contributed by atoms with Crippen LogP contribution in [0.15, 0.2) is 53.6 Å². The minimum atomic E-state index is -0.200. The summed E-state index contributed by atoms with van der Waals surface area (Å²) in [5.74, 6) is 1.76. The molecule has 46 heavy (non-hydrogen) atoms. The van der Waals surface area contributed by atoms with Crippen LogP contribution >= 0.6 is 0 Å². The van der Waals surface area contributed by atoms with E-state index < -0.39 is 0 Å². The Morgan fingerprint density at radius 3 is 2.17 bits per heavy atom. The van der Waals surface area contributed by atoms with Gasteiger partial charge in [0, 0.05) is 54.3 Å². The summed E-state index contributed by atoms with van der Waals surface area (Å²) >= 11 is 0. The van der Waals surface area contributed by atoms with Gasteiger partial charge in [0.05, 0.1) is 36.7 Å². The van der Waals surface area contributed by atoms with E-state index in [1.54, 1.807) is 19.5 Å². The molecule has 0 aromatic carbocycles. The third kappa shape index (κ3) is 8.12. The van der Waals surface area contributed by atoms with Crippen molar-refractivity contribution in [2.45, 2.75) is 105 Å². The SMILES string of the molecule is COc1ncc(-c2ccc(C(C(=O)CCC(C)(C)C)C3CCC(Cc4ncc(C(C)(C)C)c(C5=NCC=C5C)n4)CC3)nc2)cn1. The van der Waals surface area contributed by atoms with Crippen LogP contribution in [-0.2, 0) is 16.6 Å². The lowest BCUT2D eigenvalue weighted by molar-refractivity contribution is -0.122. The molecule has 8 heteroatoms. The maximum absolute atomic E-state index is 13.9. The van der Waals surface area contributed by atoms with Gasteiger partial charge in [0.2, 0.25) is 0 Å². The lowest BCUT2D eigenvalue weighted by Gasteiger charge is -2.33. The largest absolute Gasteiger partial charge is 0.467 e. The average Bonchev–Trinajstić information content (AvgIpc) is 3.46. The fourth-order valence-electron chi connectivity index (χ4n) is 6.64. The number of hydrogen-bond donors (Lipinski definition) is 0. The van der Waals surface area contributed by atoms with E-state index in [4.69, 9.17) is 24.7 Å². The number of Topliss-reactive ketones (excluding diaryl/α,β-unsaturated/α-hetero) is 1. The topological polar surface area (TPSA) is 103 Å². The van der Waals surface area contributed by atoms with Gasteiger partial charge in [-0.2, -0.15) is 0 Å². The number of ether oxygens (including phenoxy) is 1. The predicted molar refractivity (Wildman–Crippen MR) is 183 cm³/mol. The summed E-state index contributed by atoms with van der Waals surface area (Å²) in [5.41, 5.74) is 7.01. The van der Waals surface area contributed by atoms with E-state index in [-0.39, 0.29) is 22.7 Å². The number of aliphatic imine (C=N–C) groups is 1. The first-order valence-corrected chi connectivity index (χ1v) is 16.8. The number of carbonyl (C=O) groups excluding carboxylic acids is 1. The molecular formula is C38H50N6O2. The first kappa shape index (κ1) is 33.6. The van der Waals surface area contributed by atoms with Gasteiger partial charge in [-0.1, -0.05) is 53.7 Å². The highest BCUT2D eigenvalue weighted by molar-refractivity contribution is 6.13. The van der Waals surface area contributed by atoms with Crippen LogP contribution in [0.2, 0.25) is 0 Å². The van der Waals surface area contributed by atoms with Crippen LogP contribution in [0.25, 0.3) is 11.1 Å². The Morgan fingerprint density at radius 1 is 0.913 bits per heavy atom. The first-order chi connectivity index (χ1) is 21.8. The van der Waals surface area contributed by atoms with E-state index in [2.05, 4.69) is 64.5 Å². The van der Waals surface area contributed by atoms with E-state index in [9.17, 15) is 4.79 Å². The third-order valence-corrected chi connectivity index (χ3v) is 9.44. The lowest BCUT2D eigenvalue weighted by Crippen LogP contribution is -2.28. The number of hydrogen-bond acceptors (Lipinski definition) is 8. The van der Waals surface area contributed by atoms with Crippen LogP contribution in [-0.4, -0.2) is 50.1 Å². The zero-order chi connectivity index (χ0) is 33.1. The number of aromatic nitrogens is 5. The molecule has 0 bridgehead atoms. The molecule has 3 aromatic rings.